The number of likely N-dealkylation sites (tertiary alicyclic amines) is 1. The molecule has 1 unspecified atom stereocenters. The lowest BCUT2D eigenvalue weighted by molar-refractivity contribution is 0.0967. The first kappa shape index (κ1) is 19.6. The molecule has 0 bridgehead atoms. The third-order valence-electron chi connectivity index (χ3n) is 4.37. The highest BCUT2D eigenvalue weighted by Gasteiger charge is 2.17. The van der Waals surface area contributed by atoms with Crippen molar-refractivity contribution in [1.29, 1.82) is 0 Å². The summed E-state index contributed by atoms with van der Waals surface area (Å²) >= 11 is 0. The third kappa shape index (κ3) is 7.78. The van der Waals surface area contributed by atoms with E-state index in [1.807, 2.05) is 31.2 Å². The Bertz CT molecular complexity index is 515. The highest BCUT2D eigenvalue weighted by Crippen LogP contribution is 2.18. The van der Waals surface area contributed by atoms with Crippen molar-refractivity contribution < 1.29 is 14.3 Å². The Labute approximate surface area is 151 Å². The van der Waals surface area contributed by atoms with E-state index < -0.39 is 6.09 Å². The van der Waals surface area contributed by atoms with E-state index in [9.17, 15) is 4.79 Å². The maximum absolute atomic E-state index is 12.0. The summed E-state index contributed by atoms with van der Waals surface area (Å²) in [6.07, 6.45) is 6.67. The number of amides is 1. The van der Waals surface area contributed by atoms with Gasteiger partial charge in [0.2, 0.25) is 0 Å². The maximum Gasteiger partial charge on any atom is 0.411 e. The third-order valence-corrected chi connectivity index (χ3v) is 4.37. The molecule has 0 radical (unpaired) electrons. The fourth-order valence-electron chi connectivity index (χ4n) is 3.08. The van der Waals surface area contributed by atoms with Gasteiger partial charge in [-0.2, -0.15) is 0 Å². The van der Waals surface area contributed by atoms with E-state index in [0.29, 0.717) is 12.3 Å². The molecule has 1 atom stereocenters. The molecule has 1 N–H and O–H groups in total. The molecule has 0 saturated carbocycles. The second-order valence-corrected chi connectivity index (χ2v) is 6.79. The minimum absolute atomic E-state index is 0.115. The van der Waals surface area contributed by atoms with Crippen LogP contribution >= 0.6 is 0 Å². The van der Waals surface area contributed by atoms with Gasteiger partial charge < -0.3 is 9.47 Å². The summed E-state index contributed by atoms with van der Waals surface area (Å²) in [5.74, 6) is 0.777. The van der Waals surface area contributed by atoms with Crippen LogP contribution in [0.3, 0.4) is 0 Å². The second-order valence-electron chi connectivity index (χ2n) is 6.79. The highest BCUT2D eigenvalue weighted by atomic mass is 16.6. The molecule has 1 heterocycles. The monoisotopic (exact) mass is 348 g/mol. The van der Waals surface area contributed by atoms with Crippen molar-refractivity contribution in [2.24, 2.45) is 0 Å². The van der Waals surface area contributed by atoms with E-state index in [4.69, 9.17) is 9.47 Å². The van der Waals surface area contributed by atoms with Crippen LogP contribution in [0.15, 0.2) is 24.3 Å². The molecule has 0 aliphatic carbocycles. The number of hydrogen-bond acceptors (Lipinski definition) is 4. The van der Waals surface area contributed by atoms with Gasteiger partial charge in [-0.1, -0.05) is 32.3 Å². The van der Waals surface area contributed by atoms with Crippen LogP contribution in [0.1, 0.15) is 52.4 Å². The molecular weight excluding hydrogens is 316 g/mol. The highest BCUT2D eigenvalue weighted by molar-refractivity contribution is 5.84. The summed E-state index contributed by atoms with van der Waals surface area (Å²) in [5.41, 5.74) is 0.699. The lowest BCUT2D eigenvalue weighted by Gasteiger charge is -2.20. The first-order chi connectivity index (χ1) is 12.2. The lowest BCUT2D eigenvalue weighted by atomic mass is 10.2. The molecule has 5 heteroatoms. The standard InChI is InChI=1S/C20H32N2O3/c1-3-4-5-8-14-24-19-11-9-10-18(15-19)21-20(23)25-17(2)16-22-12-6-7-13-22/h9-11,15,17H,3-8,12-14,16H2,1-2H3,(H,21,23). The number of nitrogens with one attached hydrogen (secondary N) is 1. The van der Waals surface area contributed by atoms with Crippen molar-refractivity contribution in [2.75, 3.05) is 31.6 Å². The van der Waals surface area contributed by atoms with Gasteiger partial charge >= 0.3 is 6.09 Å². The summed E-state index contributed by atoms with van der Waals surface area (Å²) < 4.78 is 11.2. The number of unbranched alkanes of at least 4 members (excludes halogenated alkanes) is 3. The van der Waals surface area contributed by atoms with Crippen molar-refractivity contribution in [3.8, 4) is 5.75 Å². The van der Waals surface area contributed by atoms with Gasteiger partial charge in [-0.25, -0.2) is 4.79 Å². The Balaban J connectivity index is 1.71. The molecule has 0 spiro atoms. The number of carbonyl (C=O) groups excluding carboxylic acids is 1. The molecule has 2 rings (SSSR count). The van der Waals surface area contributed by atoms with Gasteiger partial charge in [0.15, 0.2) is 0 Å². The van der Waals surface area contributed by atoms with Crippen LogP contribution in [0.4, 0.5) is 10.5 Å². The quantitative estimate of drug-likeness (QED) is 0.624. The average Bonchev–Trinajstić information content (AvgIpc) is 3.07. The van der Waals surface area contributed by atoms with Crippen LogP contribution in [0, 0.1) is 0 Å². The first-order valence-electron chi connectivity index (χ1n) is 9.60. The summed E-state index contributed by atoms with van der Waals surface area (Å²) in [4.78, 5) is 14.4. The SMILES string of the molecule is CCCCCCOc1cccc(NC(=O)OC(C)CN2CCCC2)c1. The van der Waals surface area contributed by atoms with E-state index in [0.717, 1.165) is 31.8 Å². The normalized spacial score (nSPS) is 15.8. The van der Waals surface area contributed by atoms with Crippen LogP contribution in [-0.4, -0.2) is 43.3 Å². The van der Waals surface area contributed by atoms with E-state index in [1.165, 1.54) is 32.1 Å². The zero-order chi connectivity index (χ0) is 17.9. The largest absolute Gasteiger partial charge is 0.494 e. The van der Waals surface area contributed by atoms with Gasteiger partial charge in [0.05, 0.1) is 6.61 Å². The molecule has 1 aromatic carbocycles. The zero-order valence-electron chi connectivity index (χ0n) is 15.6. The van der Waals surface area contributed by atoms with Crippen molar-refractivity contribution in [3.63, 3.8) is 0 Å². The van der Waals surface area contributed by atoms with Gasteiger partial charge in [0.1, 0.15) is 11.9 Å². The number of nitrogens with zero attached hydrogens (tertiary/aromatic N) is 1. The molecule has 25 heavy (non-hydrogen) atoms. The maximum atomic E-state index is 12.0. The van der Waals surface area contributed by atoms with Gasteiger partial charge in [-0.15, -0.1) is 0 Å². The molecule has 5 nitrogen and oxygen atoms in total. The Morgan fingerprint density at radius 3 is 2.80 bits per heavy atom. The predicted octanol–water partition coefficient (Wildman–Crippen LogP) is 4.68. The van der Waals surface area contributed by atoms with Crippen LogP contribution in [0.2, 0.25) is 0 Å². The Kier molecular flexibility index (Phi) is 8.60. The summed E-state index contributed by atoms with van der Waals surface area (Å²) in [6.45, 7) is 7.85. The fraction of sp³-hybridized carbons (Fsp3) is 0.650. The van der Waals surface area contributed by atoms with Gasteiger partial charge in [0.25, 0.3) is 0 Å². The van der Waals surface area contributed by atoms with Crippen molar-refractivity contribution in [2.45, 2.75) is 58.5 Å². The molecule has 1 fully saturated rings. The van der Waals surface area contributed by atoms with Crippen molar-refractivity contribution in [1.82, 2.24) is 4.90 Å². The van der Waals surface area contributed by atoms with Gasteiger partial charge in [0, 0.05) is 18.3 Å². The number of benzene rings is 1. The Morgan fingerprint density at radius 1 is 1.24 bits per heavy atom. The first-order valence-corrected chi connectivity index (χ1v) is 9.60. The number of rotatable bonds is 10. The fourth-order valence-corrected chi connectivity index (χ4v) is 3.08. The number of carbonyl (C=O) groups is 1. The molecular formula is C20H32N2O3. The number of hydrogen-bond donors (Lipinski definition) is 1. The van der Waals surface area contributed by atoms with Gasteiger partial charge in [-0.3, -0.25) is 10.2 Å². The predicted molar refractivity (Wildman–Crippen MR) is 101 cm³/mol. The van der Waals surface area contributed by atoms with Crippen LogP contribution in [0.5, 0.6) is 5.75 Å². The second kappa shape index (κ2) is 11.0. The smallest absolute Gasteiger partial charge is 0.411 e. The molecule has 1 amide bonds. The van der Waals surface area contributed by atoms with E-state index >= 15 is 0 Å². The average molecular weight is 348 g/mol. The number of anilines is 1. The summed E-state index contributed by atoms with van der Waals surface area (Å²) in [7, 11) is 0. The van der Waals surface area contributed by atoms with Crippen molar-refractivity contribution >= 4 is 11.8 Å². The van der Waals surface area contributed by atoms with E-state index in [2.05, 4.69) is 17.1 Å². The molecule has 1 aliphatic heterocycles. The van der Waals surface area contributed by atoms with Crippen molar-refractivity contribution in [3.05, 3.63) is 24.3 Å². The summed E-state index contributed by atoms with van der Waals surface area (Å²) in [6, 6.07) is 7.47. The molecule has 1 aliphatic rings. The topological polar surface area (TPSA) is 50.8 Å². The Hall–Kier alpha value is -1.75. The molecule has 1 saturated heterocycles. The van der Waals surface area contributed by atoms with E-state index in [-0.39, 0.29) is 6.10 Å². The molecule has 140 valence electrons. The minimum Gasteiger partial charge on any atom is -0.494 e. The van der Waals surface area contributed by atoms with Crippen LogP contribution in [0.25, 0.3) is 0 Å². The molecule has 0 aromatic heterocycles. The van der Waals surface area contributed by atoms with Crippen LogP contribution < -0.4 is 10.1 Å². The lowest BCUT2D eigenvalue weighted by Crippen LogP contribution is -2.32. The van der Waals surface area contributed by atoms with Crippen LogP contribution in [-0.2, 0) is 4.74 Å². The summed E-state index contributed by atoms with van der Waals surface area (Å²) in [5, 5.41) is 2.79. The number of ether oxygens (including phenoxy) is 2. The minimum atomic E-state index is -0.410. The van der Waals surface area contributed by atoms with E-state index in [1.54, 1.807) is 0 Å². The zero-order valence-corrected chi connectivity index (χ0v) is 15.6. The van der Waals surface area contributed by atoms with Gasteiger partial charge in [-0.05, 0) is 51.4 Å². The molecule has 1 aromatic rings. The Morgan fingerprint density at radius 2 is 2.04 bits per heavy atom.